The van der Waals surface area contributed by atoms with Crippen molar-refractivity contribution >= 4 is 0 Å². The lowest BCUT2D eigenvalue weighted by Gasteiger charge is -2.13. The van der Waals surface area contributed by atoms with Gasteiger partial charge >= 0.3 is 0 Å². The molecule has 4 heteroatoms. The minimum Gasteiger partial charge on any atom is -0.367 e. The van der Waals surface area contributed by atoms with Crippen molar-refractivity contribution in [1.29, 1.82) is 0 Å². The molecular formula is C11H19N3O. The molecule has 1 aromatic heterocycles. The summed E-state index contributed by atoms with van der Waals surface area (Å²) in [6.45, 7) is 7.48. The van der Waals surface area contributed by atoms with Crippen molar-refractivity contribution in [3.05, 3.63) is 12.2 Å². The first-order valence-electron chi connectivity index (χ1n) is 5.70. The van der Waals surface area contributed by atoms with E-state index in [2.05, 4.69) is 35.5 Å². The molecule has 4 nitrogen and oxygen atoms in total. The quantitative estimate of drug-likeness (QED) is 0.766. The third-order valence-corrected chi connectivity index (χ3v) is 2.73. The summed E-state index contributed by atoms with van der Waals surface area (Å²) in [6.07, 6.45) is 4.51. The fraction of sp³-hybridized carbons (Fsp3) is 0.818. The van der Waals surface area contributed by atoms with Gasteiger partial charge in [-0.25, -0.2) is 0 Å². The number of ether oxygens (including phenoxy) is 1. The Morgan fingerprint density at radius 3 is 2.93 bits per heavy atom. The SMILES string of the molecule is CC(C)Cn1cnnc1C1CCC(C)O1. The summed E-state index contributed by atoms with van der Waals surface area (Å²) in [5.41, 5.74) is 0. The van der Waals surface area contributed by atoms with Gasteiger partial charge in [-0.15, -0.1) is 10.2 Å². The van der Waals surface area contributed by atoms with E-state index in [4.69, 9.17) is 4.74 Å². The van der Waals surface area contributed by atoms with Crippen LogP contribution in [0.25, 0.3) is 0 Å². The Morgan fingerprint density at radius 2 is 2.33 bits per heavy atom. The number of rotatable bonds is 3. The average molecular weight is 209 g/mol. The van der Waals surface area contributed by atoms with Gasteiger partial charge < -0.3 is 9.30 Å². The smallest absolute Gasteiger partial charge is 0.162 e. The molecule has 1 aliphatic rings. The molecule has 2 unspecified atom stereocenters. The topological polar surface area (TPSA) is 39.9 Å². The van der Waals surface area contributed by atoms with E-state index in [1.807, 2.05) is 6.33 Å². The molecule has 0 spiro atoms. The zero-order valence-electron chi connectivity index (χ0n) is 9.68. The van der Waals surface area contributed by atoms with Gasteiger partial charge in [0.15, 0.2) is 5.82 Å². The van der Waals surface area contributed by atoms with E-state index in [1.165, 1.54) is 0 Å². The first-order valence-corrected chi connectivity index (χ1v) is 5.70. The second kappa shape index (κ2) is 4.31. The van der Waals surface area contributed by atoms with Gasteiger partial charge in [-0.05, 0) is 25.7 Å². The molecule has 1 aliphatic heterocycles. The maximum Gasteiger partial charge on any atom is 0.162 e. The van der Waals surface area contributed by atoms with Crippen LogP contribution in [0.1, 0.15) is 45.5 Å². The first kappa shape index (κ1) is 10.6. The van der Waals surface area contributed by atoms with E-state index >= 15 is 0 Å². The second-order valence-electron chi connectivity index (χ2n) is 4.75. The molecule has 0 aromatic carbocycles. The standard InChI is InChI=1S/C11H19N3O/c1-8(2)6-14-7-12-13-11(14)10-5-4-9(3)15-10/h7-10H,4-6H2,1-3H3. The number of hydrogen-bond acceptors (Lipinski definition) is 3. The molecule has 2 rings (SSSR count). The van der Waals surface area contributed by atoms with Crippen molar-refractivity contribution in [2.24, 2.45) is 5.92 Å². The van der Waals surface area contributed by atoms with Gasteiger partial charge in [0.25, 0.3) is 0 Å². The Kier molecular flexibility index (Phi) is 3.05. The molecule has 0 radical (unpaired) electrons. The van der Waals surface area contributed by atoms with Gasteiger partial charge in [0.05, 0.1) is 6.10 Å². The Balaban J connectivity index is 2.10. The molecule has 1 aromatic rings. The van der Waals surface area contributed by atoms with Crippen LogP contribution in [0, 0.1) is 5.92 Å². The van der Waals surface area contributed by atoms with Gasteiger partial charge in [-0.2, -0.15) is 0 Å². The van der Waals surface area contributed by atoms with E-state index in [9.17, 15) is 0 Å². The number of hydrogen-bond donors (Lipinski definition) is 0. The number of aromatic nitrogens is 3. The maximum atomic E-state index is 5.80. The van der Waals surface area contributed by atoms with Crippen molar-refractivity contribution in [2.45, 2.75) is 52.4 Å². The Morgan fingerprint density at radius 1 is 1.53 bits per heavy atom. The molecule has 84 valence electrons. The van der Waals surface area contributed by atoms with Crippen LogP contribution < -0.4 is 0 Å². The van der Waals surface area contributed by atoms with Gasteiger partial charge in [-0.3, -0.25) is 0 Å². The maximum absolute atomic E-state index is 5.80. The molecule has 1 fully saturated rings. The van der Waals surface area contributed by atoms with E-state index < -0.39 is 0 Å². The third kappa shape index (κ3) is 2.37. The van der Waals surface area contributed by atoms with Gasteiger partial charge in [0.1, 0.15) is 12.4 Å². The van der Waals surface area contributed by atoms with Gasteiger partial charge in [-0.1, -0.05) is 13.8 Å². The lowest BCUT2D eigenvalue weighted by molar-refractivity contribution is 0.0476. The fourth-order valence-electron chi connectivity index (χ4n) is 2.04. The summed E-state index contributed by atoms with van der Waals surface area (Å²) in [6, 6.07) is 0. The molecule has 0 N–H and O–H groups in total. The van der Waals surface area contributed by atoms with Gasteiger partial charge in [0.2, 0.25) is 0 Å². The predicted molar refractivity (Wildman–Crippen MR) is 57.4 cm³/mol. The normalized spacial score (nSPS) is 26.4. The summed E-state index contributed by atoms with van der Waals surface area (Å²) in [4.78, 5) is 0. The van der Waals surface area contributed by atoms with E-state index in [-0.39, 0.29) is 6.10 Å². The average Bonchev–Trinajstić information content (AvgIpc) is 2.72. The minimum atomic E-state index is 0.154. The minimum absolute atomic E-state index is 0.154. The van der Waals surface area contributed by atoms with Crippen LogP contribution in [-0.2, 0) is 11.3 Å². The highest BCUT2D eigenvalue weighted by Gasteiger charge is 2.27. The van der Waals surface area contributed by atoms with Crippen LogP contribution in [-0.4, -0.2) is 20.9 Å². The van der Waals surface area contributed by atoms with E-state index in [1.54, 1.807) is 0 Å². The summed E-state index contributed by atoms with van der Waals surface area (Å²) >= 11 is 0. The molecular weight excluding hydrogens is 190 g/mol. The fourth-order valence-corrected chi connectivity index (χ4v) is 2.04. The van der Waals surface area contributed by atoms with Crippen molar-refractivity contribution in [2.75, 3.05) is 0 Å². The molecule has 15 heavy (non-hydrogen) atoms. The van der Waals surface area contributed by atoms with Crippen molar-refractivity contribution in [1.82, 2.24) is 14.8 Å². The van der Waals surface area contributed by atoms with Crippen LogP contribution in [0.3, 0.4) is 0 Å². The summed E-state index contributed by atoms with van der Waals surface area (Å²) in [5, 5.41) is 8.15. The second-order valence-corrected chi connectivity index (χ2v) is 4.75. The number of nitrogens with zero attached hydrogens (tertiary/aromatic N) is 3. The predicted octanol–water partition coefficient (Wildman–Crippen LogP) is 2.17. The molecule has 0 amide bonds. The van der Waals surface area contributed by atoms with Crippen LogP contribution in [0.5, 0.6) is 0 Å². The van der Waals surface area contributed by atoms with E-state index in [0.29, 0.717) is 12.0 Å². The summed E-state index contributed by atoms with van der Waals surface area (Å²) in [7, 11) is 0. The highest BCUT2D eigenvalue weighted by atomic mass is 16.5. The molecule has 1 saturated heterocycles. The van der Waals surface area contributed by atoms with Crippen LogP contribution in [0.2, 0.25) is 0 Å². The third-order valence-electron chi connectivity index (χ3n) is 2.73. The Hall–Kier alpha value is -0.900. The van der Waals surface area contributed by atoms with Crippen LogP contribution in [0.4, 0.5) is 0 Å². The van der Waals surface area contributed by atoms with Crippen molar-refractivity contribution in [3.63, 3.8) is 0 Å². The molecule has 2 heterocycles. The highest BCUT2D eigenvalue weighted by Crippen LogP contribution is 2.31. The Bertz CT molecular complexity index is 321. The zero-order chi connectivity index (χ0) is 10.8. The van der Waals surface area contributed by atoms with Crippen molar-refractivity contribution in [3.8, 4) is 0 Å². The highest BCUT2D eigenvalue weighted by molar-refractivity contribution is 4.95. The van der Waals surface area contributed by atoms with Crippen LogP contribution >= 0.6 is 0 Å². The molecule has 0 bridgehead atoms. The first-order chi connectivity index (χ1) is 7.16. The van der Waals surface area contributed by atoms with Gasteiger partial charge in [0, 0.05) is 6.54 Å². The monoisotopic (exact) mass is 209 g/mol. The summed E-state index contributed by atoms with van der Waals surface area (Å²) in [5.74, 6) is 1.60. The van der Waals surface area contributed by atoms with E-state index in [0.717, 1.165) is 25.2 Å². The molecule has 0 saturated carbocycles. The zero-order valence-corrected chi connectivity index (χ0v) is 9.68. The lowest BCUT2D eigenvalue weighted by atomic mass is 10.2. The lowest BCUT2D eigenvalue weighted by Crippen LogP contribution is -2.12. The molecule has 2 atom stereocenters. The van der Waals surface area contributed by atoms with Crippen LogP contribution in [0.15, 0.2) is 6.33 Å². The Labute approximate surface area is 90.7 Å². The summed E-state index contributed by atoms with van der Waals surface area (Å²) < 4.78 is 7.92. The van der Waals surface area contributed by atoms with Crippen molar-refractivity contribution < 1.29 is 4.74 Å². The molecule has 0 aliphatic carbocycles. The largest absolute Gasteiger partial charge is 0.367 e.